The summed E-state index contributed by atoms with van der Waals surface area (Å²) in [6.07, 6.45) is -1.81. The molecule has 4 N–H and O–H groups in total. The minimum Gasteiger partial charge on any atom is -0.474 e. The van der Waals surface area contributed by atoms with Gasteiger partial charge in [-0.05, 0) is 63.6 Å². The van der Waals surface area contributed by atoms with Gasteiger partial charge in [-0.15, -0.1) is 6.58 Å². The summed E-state index contributed by atoms with van der Waals surface area (Å²) in [6, 6.07) is 0.569. The van der Waals surface area contributed by atoms with Gasteiger partial charge in [0.05, 0.1) is 36.2 Å². The second-order valence-corrected chi connectivity index (χ2v) is 12.6. The Morgan fingerprint density at radius 1 is 1.23 bits per heavy atom. The van der Waals surface area contributed by atoms with Crippen LogP contribution in [-0.2, 0) is 6.18 Å². The van der Waals surface area contributed by atoms with E-state index in [0.717, 1.165) is 32.4 Å². The van der Waals surface area contributed by atoms with Gasteiger partial charge in [0.1, 0.15) is 28.6 Å². The standard InChI is InChI=1S/C32H37F6N7O2/c1-4-18-11-17(3)47-29-22-27(25(35)26(42-29)21-23(32(36,37)38)16(2)10-20(39)24(21)34)43-30(44-28(22)41-15-40-13-18)46-9-7-31-6-5-8-45(31)14-19(33)12-31/h4,10,17-19,40H,1,5-9,11-15,39H2,2-3H3,(H,41,43,44)/t17-,18?,19+,31?/m0/s1. The summed E-state index contributed by atoms with van der Waals surface area (Å²) < 4.78 is 102. The fraction of sp³-hybridized carbons (Fsp3) is 0.531. The van der Waals surface area contributed by atoms with Crippen LogP contribution in [0.2, 0.25) is 0 Å². The maximum Gasteiger partial charge on any atom is 0.417 e. The van der Waals surface area contributed by atoms with Gasteiger partial charge in [-0.25, -0.2) is 18.2 Å². The molecule has 2 saturated heterocycles. The third-order valence-electron chi connectivity index (χ3n) is 9.37. The summed E-state index contributed by atoms with van der Waals surface area (Å²) in [4.78, 5) is 15.0. The number of halogens is 6. The number of ether oxygens (including phenoxy) is 2. The molecule has 3 aliphatic heterocycles. The van der Waals surface area contributed by atoms with E-state index in [1.807, 2.05) is 0 Å². The van der Waals surface area contributed by atoms with E-state index in [1.165, 1.54) is 0 Å². The summed E-state index contributed by atoms with van der Waals surface area (Å²) in [5.74, 6) is -3.13. The Balaban J connectivity index is 1.50. The normalized spacial score (nSPS) is 25.1. The molecule has 0 bridgehead atoms. The van der Waals surface area contributed by atoms with E-state index >= 15 is 8.78 Å². The number of rotatable bonds is 6. The number of fused-ring (bicyclic) bond motifs is 1. The van der Waals surface area contributed by atoms with Gasteiger partial charge < -0.3 is 20.5 Å². The maximum absolute atomic E-state index is 16.6. The molecule has 3 aromatic rings. The molecule has 3 aliphatic rings. The number of aryl methyl sites for hydroxylation is 1. The molecule has 5 heterocycles. The van der Waals surface area contributed by atoms with E-state index in [-0.39, 0.29) is 47.8 Å². The molecule has 2 unspecified atom stereocenters. The van der Waals surface area contributed by atoms with E-state index in [2.05, 4.69) is 37.1 Å². The number of hydrogen-bond donors (Lipinski definition) is 3. The highest BCUT2D eigenvalue weighted by atomic mass is 19.4. The van der Waals surface area contributed by atoms with Crippen molar-refractivity contribution in [3.05, 3.63) is 41.5 Å². The third kappa shape index (κ3) is 6.26. The molecular formula is C32H37F6N7O2. The van der Waals surface area contributed by atoms with Crippen molar-refractivity contribution in [2.45, 2.75) is 69.9 Å². The first-order valence-electron chi connectivity index (χ1n) is 15.6. The fourth-order valence-electron chi connectivity index (χ4n) is 7.25. The van der Waals surface area contributed by atoms with Gasteiger partial charge in [-0.3, -0.25) is 10.2 Å². The SMILES string of the molecule is C=CC1CNCNc2nc(OCCC34CCCN3C[C@H](F)C4)nc3c(F)c(-c4c(F)c(N)cc(C)c4C(F)(F)F)nc(c23)O[C@@H](C)C1. The largest absolute Gasteiger partial charge is 0.474 e. The number of nitrogens with one attached hydrogen (secondary N) is 2. The van der Waals surface area contributed by atoms with Gasteiger partial charge in [-0.2, -0.15) is 23.1 Å². The minimum absolute atomic E-state index is 0.0420. The highest BCUT2D eigenvalue weighted by Crippen LogP contribution is 2.46. The molecule has 0 saturated carbocycles. The fourth-order valence-corrected chi connectivity index (χ4v) is 7.25. The second kappa shape index (κ2) is 12.6. The van der Waals surface area contributed by atoms with Crippen LogP contribution in [0.15, 0.2) is 18.7 Å². The van der Waals surface area contributed by atoms with Gasteiger partial charge in [0.15, 0.2) is 11.6 Å². The van der Waals surface area contributed by atoms with Gasteiger partial charge in [0, 0.05) is 25.0 Å². The number of pyridine rings is 1. The number of anilines is 2. The molecule has 6 rings (SSSR count). The summed E-state index contributed by atoms with van der Waals surface area (Å²) in [5, 5.41) is 6.21. The Hall–Kier alpha value is -3.85. The molecule has 47 heavy (non-hydrogen) atoms. The van der Waals surface area contributed by atoms with Crippen LogP contribution in [0, 0.1) is 24.5 Å². The lowest BCUT2D eigenvalue weighted by Gasteiger charge is -2.31. The van der Waals surface area contributed by atoms with Crippen LogP contribution in [0.3, 0.4) is 0 Å². The van der Waals surface area contributed by atoms with E-state index < -0.39 is 63.7 Å². The summed E-state index contributed by atoms with van der Waals surface area (Å²) in [7, 11) is 0. The summed E-state index contributed by atoms with van der Waals surface area (Å²) in [6.45, 7) is 8.58. The number of alkyl halides is 4. The highest BCUT2D eigenvalue weighted by Gasteiger charge is 2.48. The van der Waals surface area contributed by atoms with Crippen LogP contribution in [-0.4, -0.2) is 70.6 Å². The molecule has 254 valence electrons. The number of benzene rings is 1. The molecule has 0 aliphatic carbocycles. The molecule has 15 heteroatoms. The lowest BCUT2D eigenvalue weighted by atomic mass is 9.90. The molecule has 0 radical (unpaired) electrons. The molecular weight excluding hydrogens is 628 g/mol. The van der Waals surface area contributed by atoms with Crippen molar-refractivity contribution < 1.29 is 35.8 Å². The Bertz CT molecular complexity index is 1690. The Kier molecular flexibility index (Phi) is 8.89. The number of nitrogen functional groups attached to an aromatic ring is 1. The van der Waals surface area contributed by atoms with E-state index in [0.29, 0.717) is 32.4 Å². The van der Waals surface area contributed by atoms with Gasteiger partial charge in [0.2, 0.25) is 5.88 Å². The van der Waals surface area contributed by atoms with Crippen LogP contribution in [0.1, 0.15) is 50.2 Å². The lowest BCUT2D eigenvalue weighted by molar-refractivity contribution is -0.137. The first-order valence-corrected chi connectivity index (χ1v) is 15.6. The highest BCUT2D eigenvalue weighted by molar-refractivity contribution is 5.96. The number of aromatic nitrogens is 3. The average molecular weight is 666 g/mol. The predicted molar refractivity (Wildman–Crippen MR) is 165 cm³/mol. The zero-order valence-corrected chi connectivity index (χ0v) is 26.1. The predicted octanol–water partition coefficient (Wildman–Crippen LogP) is 6.16. The van der Waals surface area contributed by atoms with E-state index in [4.69, 9.17) is 15.2 Å². The topological polar surface area (TPSA) is 110 Å². The van der Waals surface area contributed by atoms with Crippen molar-refractivity contribution in [1.29, 1.82) is 0 Å². The Labute approximate surface area is 267 Å². The number of nitrogens with zero attached hydrogens (tertiary/aromatic N) is 4. The minimum atomic E-state index is -5.08. The lowest BCUT2D eigenvalue weighted by Crippen LogP contribution is -2.39. The molecule has 0 spiro atoms. The molecule has 4 atom stereocenters. The van der Waals surface area contributed by atoms with E-state index in [1.54, 1.807) is 13.0 Å². The quantitative estimate of drug-likeness (QED) is 0.162. The molecule has 0 amide bonds. The average Bonchev–Trinajstić information content (AvgIpc) is 3.51. The summed E-state index contributed by atoms with van der Waals surface area (Å²) in [5.41, 5.74) is 0.349. The van der Waals surface area contributed by atoms with Crippen LogP contribution < -0.4 is 25.8 Å². The van der Waals surface area contributed by atoms with Crippen molar-refractivity contribution in [1.82, 2.24) is 25.2 Å². The maximum atomic E-state index is 16.6. The summed E-state index contributed by atoms with van der Waals surface area (Å²) >= 11 is 0. The van der Waals surface area contributed by atoms with Gasteiger partial charge >= 0.3 is 12.2 Å². The molecule has 9 nitrogen and oxygen atoms in total. The van der Waals surface area contributed by atoms with Crippen molar-refractivity contribution in [2.24, 2.45) is 5.92 Å². The molecule has 2 fully saturated rings. The first kappa shape index (κ1) is 33.1. The molecule has 2 aromatic heterocycles. The van der Waals surface area contributed by atoms with Crippen molar-refractivity contribution >= 4 is 22.4 Å². The third-order valence-corrected chi connectivity index (χ3v) is 9.37. The zero-order valence-electron chi connectivity index (χ0n) is 26.1. The van der Waals surface area contributed by atoms with Crippen molar-refractivity contribution in [3.8, 4) is 23.1 Å². The van der Waals surface area contributed by atoms with E-state index in [9.17, 15) is 17.6 Å². The second-order valence-electron chi connectivity index (χ2n) is 12.6. The smallest absolute Gasteiger partial charge is 0.417 e. The Morgan fingerprint density at radius 3 is 2.77 bits per heavy atom. The van der Waals surface area contributed by atoms with Gasteiger partial charge in [-0.1, -0.05) is 6.08 Å². The van der Waals surface area contributed by atoms with Crippen LogP contribution in [0.5, 0.6) is 11.9 Å². The zero-order chi connectivity index (χ0) is 33.7. The Morgan fingerprint density at radius 2 is 2.02 bits per heavy atom. The van der Waals surface area contributed by atoms with Crippen LogP contribution in [0.25, 0.3) is 22.2 Å². The van der Waals surface area contributed by atoms with Crippen molar-refractivity contribution in [2.75, 3.05) is 44.0 Å². The van der Waals surface area contributed by atoms with Gasteiger partial charge in [0.25, 0.3) is 0 Å². The van der Waals surface area contributed by atoms with Crippen LogP contribution >= 0.6 is 0 Å². The number of hydrogen-bond acceptors (Lipinski definition) is 9. The van der Waals surface area contributed by atoms with Crippen molar-refractivity contribution in [3.63, 3.8) is 0 Å². The number of nitrogens with two attached hydrogens (primary N) is 1. The first-order chi connectivity index (χ1) is 22.3. The van der Waals surface area contributed by atoms with Crippen LogP contribution in [0.4, 0.5) is 37.8 Å². The molecule has 1 aromatic carbocycles. The monoisotopic (exact) mass is 665 g/mol.